The summed E-state index contributed by atoms with van der Waals surface area (Å²) < 4.78 is 89.7. The van der Waals surface area contributed by atoms with Crippen LogP contribution in [0.4, 0.5) is 22.0 Å². The molecule has 0 spiro atoms. The molecule has 1 saturated heterocycles. The number of nitrogens with zero attached hydrogens (tertiary/aromatic N) is 1. The monoisotopic (exact) mass is 407 g/mol. The Hall–Kier alpha value is -0.740. The Morgan fingerprint density at radius 3 is 2.14 bits per heavy atom. The summed E-state index contributed by atoms with van der Waals surface area (Å²) in [5.74, 6) is -3.81. The van der Waals surface area contributed by atoms with E-state index in [4.69, 9.17) is 0 Å². The van der Waals surface area contributed by atoms with Crippen LogP contribution in [0.2, 0.25) is 0 Å². The smallest absolute Gasteiger partial charge is 0.207 e. The molecule has 0 N–H and O–H groups in total. The third-order valence-corrected chi connectivity index (χ3v) is 6.03. The van der Waals surface area contributed by atoms with E-state index in [2.05, 4.69) is 15.9 Å². The highest BCUT2D eigenvalue weighted by Crippen LogP contribution is 2.36. The van der Waals surface area contributed by atoms with Crippen molar-refractivity contribution in [3.8, 4) is 0 Å². The number of alkyl halides is 3. The highest BCUT2D eigenvalue weighted by atomic mass is 79.9. The van der Waals surface area contributed by atoms with Crippen molar-refractivity contribution < 1.29 is 30.4 Å². The lowest BCUT2D eigenvalue weighted by molar-refractivity contribution is -0.182. The largest absolute Gasteiger partial charge is 0.391 e. The van der Waals surface area contributed by atoms with Crippen LogP contribution >= 0.6 is 15.9 Å². The molecule has 1 aromatic rings. The summed E-state index contributed by atoms with van der Waals surface area (Å²) in [5, 5.41) is 0. The second kappa shape index (κ2) is 6.04. The number of hydrogen-bond donors (Lipinski definition) is 0. The Kier molecular flexibility index (Phi) is 4.84. The van der Waals surface area contributed by atoms with E-state index in [-0.39, 0.29) is 30.4 Å². The van der Waals surface area contributed by atoms with Crippen molar-refractivity contribution in [3.63, 3.8) is 0 Å². The molecule has 2 rings (SSSR count). The summed E-state index contributed by atoms with van der Waals surface area (Å²) >= 11 is 2.76. The lowest BCUT2D eigenvalue weighted by Crippen LogP contribution is -2.42. The molecule has 0 saturated carbocycles. The first-order chi connectivity index (χ1) is 10.0. The Balaban J connectivity index is 2.25. The van der Waals surface area contributed by atoms with Gasteiger partial charge in [-0.3, -0.25) is 0 Å². The zero-order valence-electron chi connectivity index (χ0n) is 11.0. The number of halogens is 6. The van der Waals surface area contributed by atoms with Gasteiger partial charge < -0.3 is 0 Å². The minimum atomic E-state index is -4.37. The van der Waals surface area contributed by atoms with Crippen molar-refractivity contribution in [3.05, 3.63) is 28.2 Å². The fourth-order valence-electron chi connectivity index (χ4n) is 2.26. The summed E-state index contributed by atoms with van der Waals surface area (Å²) in [6, 6.07) is 1.19. The number of sulfonamides is 1. The lowest BCUT2D eigenvalue weighted by Gasteiger charge is -2.32. The molecule has 0 radical (unpaired) electrons. The highest BCUT2D eigenvalue weighted by Gasteiger charge is 2.43. The maximum atomic E-state index is 13.7. The van der Waals surface area contributed by atoms with Gasteiger partial charge in [0.1, 0.15) is 16.5 Å². The van der Waals surface area contributed by atoms with Gasteiger partial charge in [-0.2, -0.15) is 17.5 Å². The van der Waals surface area contributed by atoms with Gasteiger partial charge in [0, 0.05) is 19.2 Å². The number of piperidine rings is 1. The second-order valence-electron chi connectivity index (χ2n) is 4.92. The Bertz CT molecular complexity index is 669. The van der Waals surface area contributed by atoms with Gasteiger partial charge in [-0.15, -0.1) is 0 Å². The zero-order chi connectivity index (χ0) is 16.7. The van der Waals surface area contributed by atoms with Crippen LogP contribution in [0.25, 0.3) is 0 Å². The minimum absolute atomic E-state index is 0.238. The first kappa shape index (κ1) is 17.6. The second-order valence-corrected chi connectivity index (χ2v) is 7.68. The van der Waals surface area contributed by atoms with Gasteiger partial charge in [-0.1, -0.05) is 0 Å². The molecule has 0 aromatic heterocycles. The minimum Gasteiger partial charge on any atom is -0.207 e. The molecule has 22 heavy (non-hydrogen) atoms. The predicted molar refractivity (Wildman–Crippen MR) is 71.6 cm³/mol. The van der Waals surface area contributed by atoms with Gasteiger partial charge in [-0.05, 0) is 34.8 Å². The summed E-state index contributed by atoms with van der Waals surface area (Å²) in [7, 11) is -4.31. The predicted octanol–water partition coefficient (Wildman–Crippen LogP) is 3.69. The van der Waals surface area contributed by atoms with Crippen LogP contribution in [0, 0.1) is 17.6 Å². The Labute approximate surface area is 132 Å². The van der Waals surface area contributed by atoms with E-state index in [0.29, 0.717) is 6.07 Å². The van der Waals surface area contributed by atoms with E-state index >= 15 is 0 Å². The summed E-state index contributed by atoms with van der Waals surface area (Å²) in [5.41, 5.74) is 0. The maximum absolute atomic E-state index is 13.7. The third kappa shape index (κ3) is 3.43. The third-order valence-electron chi connectivity index (χ3n) is 3.51. The molecule has 1 aromatic carbocycles. The van der Waals surface area contributed by atoms with Gasteiger partial charge in [-0.25, -0.2) is 17.2 Å². The number of benzene rings is 1. The van der Waals surface area contributed by atoms with Gasteiger partial charge >= 0.3 is 6.18 Å². The van der Waals surface area contributed by atoms with Crippen molar-refractivity contribution in [1.82, 2.24) is 4.31 Å². The van der Waals surface area contributed by atoms with E-state index in [1.807, 2.05) is 0 Å². The molecule has 0 atom stereocenters. The van der Waals surface area contributed by atoms with Crippen LogP contribution in [0.1, 0.15) is 12.8 Å². The average Bonchev–Trinajstić information content (AvgIpc) is 2.42. The van der Waals surface area contributed by atoms with E-state index in [1.165, 1.54) is 0 Å². The van der Waals surface area contributed by atoms with Gasteiger partial charge in [0.05, 0.1) is 10.4 Å². The molecule has 3 nitrogen and oxygen atoms in total. The average molecular weight is 408 g/mol. The zero-order valence-corrected chi connectivity index (χ0v) is 13.4. The van der Waals surface area contributed by atoms with Crippen LogP contribution in [0.15, 0.2) is 21.5 Å². The number of hydrogen-bond acceptors (Lipinski definition) is 2. The molecular weight excluding hydrogens is 397 g/mol. The highest BCUT2D eigenvalue weighted by molar-refractivity contribution is 9.10. The van der Waals surface area contributed by atoms with Crippen LogP contribution in [-0.4, -0.2) is 32.0 Å². The van der Waals surface area contributed by atoms with Crippen LogP contribution in [0.5, 0.6) is 0 Å². The van der Waals surface area contributed by atoms with Crippen molar-refractivity contribution in [2.75, 3.05) is 13.1 Å². The van der Waals surface area contributed by atoms with E-state index in [0.717, 1.165) is 10.4 Å². The van der Waals surface area contributed by atoms with E-state index < -0.39 is 38.6 Å². The molecule has 0 unspecified atom stereocenters. The van der Waals surface area contributed by atoms with E-state index in [1.54, 1.807) is 0 Å². The fraction of sp³-hybridized carbons (Fsp3) is 0.500. The van der Waals surface area contributed by atoms with Gasteiger partial charge in [0.15, 0.2) is 0 Å². The molecule has 10 heteroatoms. The Morgan fingerprint density at radius 1 is 1.09 bits per heavy atom. The molecule has 1 fully saturated rings. The maximum Gasteiger partial charge on any atom is 0.391 e. The van der Waals surface area contributed by atoms with Crippen molar-refractivity contribution >= 4 is 26.0 Å². The molecule has 124 valence electrons. The molecule has 0 amide bonds. The molecule has 1 aliphatic heterocycles. The normalized spacial score (nSPS) is 18.6. The van der Waals surface area contributed by atoms with Crippen molar-refractivity contribution in [1.29, 1.82) is 0 Å². The molecule has 1 heterocycles. The molecular formula is C12H11BrF5NO2S. The van der Waals surface area contributed by atoms with Crippen LogP contribution < -0.4 is 0 Å². The standard InChI is InChI=1S/C12H11BrF5NO2S/c13-8-5-11(10(15)6-9(8)14)22(20,21)19-3-1-7(2-4-19)12(16,17)18/h5-7H,1-4H2. The Morgan fingerprint density at radius 2 is 1.64 bits per heavy atom. The first-order valence-corrected chi connectivity index (χ1v) is 8.48. The quantitative estimate of drug-likeness (QED) is 0.553. The lowest BCUT2D eigenvalue weighted by atomic mass is 9.98. The SMILES string of the molecule is O=S(=O)(c1cc(Br)c(F)cc1F)N1CCC(C(F)(F)F)CC1. The van der Waals surface area contributed by atoms with Gasteiger partial charge in [0.25, 0.3) is 0 Å². The van der Waals surface area contributed by atoms with E-state index in [9.17, 15) is 30.4 Å². The van der Waals surface area contributed by atoms with Crippen molar-refractivity contribution in [2.45, 2.75) is 23.9 Å². The molecule has 0 aliphatic carbocycles. The van der Waals surface area contributed by atoms with Crippen LogP contribution in [0.3, 0.4) is 0 Å². The first-order valence-electron chi connectivity index (χ1n) is 6.25. The summed E-state index contributed by atoms with van der Waals surface area (Å²) in [6.45, 7) is -0.720. The fourth-order valence-corrected chi connectivity index (χ4v) is 4.30. The molecule has 0 bridgehead atoms. The van der Waals surface area contributed by atoms with Crippen LogP contribution in [-0.2, 0) is 10.0 Å². The summed E-state index contributed by atoms with van der Waals surface area (Å²) in [6.07, 6.45) is -5.14. The van der Waals surface area contributed by atoms with Gasteiger partial charge in [0.2, 0.25) is 10.0 Å². The number of rotatable bonds is 2. The topological polar surface area (TPSA) is 37.4 Å². The summed E-state index contributed by atoms with van der Waals surface area (Å²) in [4.78, 5) is -0.758. The van der Waals surface area contributed by atoms with Crippen molar-refractivity contribution in [2.24, 2.45) is 5.92 Å². The molecule has 1 aliphatic rings.